The zero-order valence-corrected chi connectivity index (χ0v) is 17.3. The van der Waals surface area contributed by atoms with Crippen molar-refractivity contribution in [3.05, 3.63) is 100 Å². The van der Waals surface area contributed by atoms with E-state index in [-0.39, 0.29) is 5.56 Å². The Morgan fingerprint density at radius 2 is 1.71 bits per heavy atom. The molecule has 0 spiro atoms. The summed E-state index contributed by atoms with van der Waals surface area (Å²) < 4.78 is 7.00. The smallest absolute Gasteiger partial charge is 0.266 e. The fraction of sp³-hybridized carbons (Fsp3) is 0.0769. The summed E-state index contributed by atoms with van der Waals surface area (Å²) >= 11 is 0. The Morgan fingerprint density at radius 1 is 0.935 bits per heavy atom. The first-order chi connectivity index (χ1) is 15.2. The monoisotopic (exact) mass is 407 g/mol. The number of nitrogens with one attached hydrogen (secondary N) is 1. The van der Waals surface area contributed by atoms with Crippen molar-refractivity contribution in [1.29, 1.82) is 0 Å². The summed E-state index contributed by atoms with van der Waals surface area (Å²) in [7, 11) is 1.61. The van der Waals surface area contributed by atoms with Gasteiger partial charge in [0, 0.05) is 28.2 Å². The van der Waals surface area contributed by atoms with Gasteiger partial charge in [-0.2, -0.15) is 0 Å². The van der Waals surface area contributed by atoms with E-state index in [4.69, 9.17) is 9.72 Å². The second-order valence-electron chi connectivity index (χ2n) is 7.37. The van der Waals surface area contributed by atoms with Crippen LogP contribution in [0.5, 0.6) is 5.75 Å². The summed E-state index contributed by atoms with van der Waals surface area (Å²) in [6.07, 6.45) is 3.91. The number of hydrogen-bond donors (Lipinski definition) is 1. The van der Waals surface area contributed by atoms with Gasteiger partial charge >= 0.3 is 0 Å². The third-order valence-electron chi connectivity index (χ3n) is 5.46. The van der Waals surface area contributed by atoms with Gasteiger partial charge in [0.25, 0.3) is 5.56 Å². The van der Waals surface area contributed by atoms with E-state index in [9.17, 15) is 4.79 Å². The van der Waals surface area contributed by atoms with E-state index in [1.807, 2.05) is 73.7 Å². The molecule has 5 heteroatoms. The van der Waals surface area contributed by atoms with E-state index in [1.165, 1.54) is 0 Å². The number of fused-ring (bicyclic) bond motifs is 2. The highest BCUT2D eigenvalue weighted by molar-refractivity contribution is 5.93. The summed E-state index contributed by atoms with van der Waals surface area (Å²) in [4.78, 5) is 21.6. The van der Waals surface area contributed by atoms with Crippen molar-refractivity contribution < 1.29 is 4.74 Å². The standard InChI is InChI=1S/C26H21N3O2/c1-17-20(21-10-3-5-12-23(21)27-17)14-15-25-28-24-13-6-4-11-22(24)26(30)29(25)18-8-7-9-19(16-18)31-2/h3-16,27H,1-2H3. The van der Waals surface area contributed by atoms with Crippen molar-refractivity contribution in [1.82, 2.24) is 14.5 Å². The van der Waals surface area contributed by atoms with Crippen LogP contribution in [0.4, 0.5) is 0 Å². The molecule has 3 aromatic carbocycles. The average Bonchev–Trinajstić information content (AvgIpc) is 3.12. The highest BCUT2D eigenvalue weighted by atomic mass is 16.5. The number of methoxy groups -OCH3 is 1. The normalized spacial score (nSPS) is 11.5. The number of H-pyrrole nitrogens is 1. The van der Waals surface area contributed by atoms with Gasteiger partial charge in [-0.3, -0.25) is 9.36 Å². The third kappa shape index (κ3) is 3.30. The van der Waals surface area contributed by atoms with Gasteiger partial charge in [0.2, 0.25) is 0 Å². The van der Waals surface area contributed by atoms with Crippen LogP contribution in [-0.4, -0.2) is 21.6 Å². The van der Waals surface area contributed by atoms with Crippen molar-refractivity contribution >= 4 is 34.0 Å². The van der Waals surface area contributed by atoms with Crippen LogP contribution in [0.15, 0.2) is 77.6 Å². The van der Waals surface area contributed by atoms with Crippen molar-refractivity contribution in [2.45, 2.75) is 6.92 Å². The largest absolute Gasteiger partial charge is 0.497 e. The molecule has 0 bridgehead atoms. The lowest BCUT2D eigenvalue weighted by Gasteiger charge is -2.12. The molecule has 0 saturated carbocycles. The van der Waals surface area contributed by atoms with E-state index in [2.05, 4.69) is 17.1 Å². The number of aryl methyl sites for hydroxylation is 1. The van der Waals surface area contributed by atoms with Gasteiger partial charge in [0.1, 0.15) is 11.6 Å². The Kier molecular flexibility index (Phi) is 4.64. The maximum atomic E-state index is 13.4. The third-order valence-corrected chi connectivity index (χ3v) is 5.46. The molecule has 0 unspecified atom stereocenters. The molecule has 0 saturated heterocycles. The van der Waals surface area contributed by atoms with Crippen molar-refractivity contribution in [3.63, 3.8) is 0 Å². The number of benzene rings is 3. The van der Waals surface area contributed by atoms with Crippen molar-refractivity contribution in [2.24, 2.45) is 0 Å². The number of para-hydroxylation sites is 2. The van der Waals surface area contributed by atoms with Gasteiger partial charge in [-0.15, -0.1) is 0 Å². The van der Waals surface area contributed by atoms with Crippen LogP contribution in [0.3, 0.4) is 0 Å². The van der Waals surface area contributed by atoms with Crippen LogP contribution in [0, 0.1) is 6.92 Å². The molecule has 5 rings (SSSR count). The van der Waals surface area contributed by atoms with E-state index >= 15 is 0 Å². The molecule has 0 radical (unpaired) electrons. The number of nitrogens with zero attached hydrogens (tertiary/aromatic N) is 2. The topological polar surface area (TPSA) is 59.9 Å². The average molecular weight is 407 g/mol. The number of aromatic nitrogens is 3. The molecular formula is C26H21N3O2. The van der Waals surface area contributed by atoms with Crippen LogP contribution in [0.2, 0.25) is 0 Å². The fourth-order valence-electron chi connectivity index (χ4n) is 3.93. The Bertz CT molecular complexity index is 1510. The summed E-state index contributed by atoms with van der Waals surface area (Å²) in [6.45, 7) is 2.04. The number of hydrogen-bond acceptors (Lipinski definition) is 3. The molecule has 5 nitrogen and oxygen atoms in total. The van der Waals surface area contributed by atoms with Crippen LogP contribution >= 0.6 is 0 Å². The lowest BCUT2D eigenvalue weighted by Crippen LogP contribution is -2.22. The first kappa shape index (κ1) is 18.9. The molecule has 0 aliphatic rings. The highest BCUT2D eigenvalue weighted by Crippen LogP contribution is 2.25. The minimum atomic E-state index is -0.117. The second-order valence-corrected chi connectivity index (χ2v) is 7.37. The zero-order chi connectivity index (χ0) is 21.4. The predicted octanol–water partition coefficient (Wildman–Crippen LogP) is 5.35. The highest BCUT2D eigenvalue weighted by Gasteiger charge is 2.12. The molecule has 152 valence electrons. The van der Waals surface area contributed by atoms with Gasteiger partial charge in [0.05, 0.1) is 23.7 Å². The van der Waals surface area contributed by atoms with Gasteiger partial charge in [-0.25, -0.2) is 4.98 Å². The van der Waals surface area contributed by atoms with Crippen LogP contribution < -0.4 is 10.3 Å². The minimum Gasteiger partial charge on any atom is -0.497 e. The lowest BCUT2D eigenvalue weighted by molar-refractivity contribution is 0.414. The Labute approximate surface area is 179 Å². The number of rotatable bonds is 4. The number of aromatic amines is 1. The van der Waals surface area contributed by atoms with Crippen LogP contribution in [-0.2, 0) is 0 Å². The Hall–Kier alpha value is -4.12. The van der Waals surface area contributed by atoms with Gasteiger partial charge in [-0.05, 0) is 49.4 Å². The predicted molar refractivity (Wildman–Crippen MR) is 126 cm³/mol. The summed E-state index contributed by atoms with van der Waals surface area (Å²) in [6, 6.07) is 23.0. The first-order valence-corrected chi connectivity index (χ1v) is 10.1. The quantitative estimate of drug-likeness (QED) is 0.437. The molecule has 2 heterocycles. The maximum Gasteiger partial charge on any atom is 0.266 e. The summed E-state index contributed by atoms with van der Waals surface area (Å²) in [5.41, 5.74) is 4.48. The van der Waals surface area contributed by atoms with Gasteiger partial charge in [-0.1, -0.05) is 36.4 Å². The van der Waals surface area contributed by atoms with E-state index in [1.54, 1.807) is 17.7 Å². The molecule has 0 aliphatic carbocycles. The van der Waals surface area contributed by atoms with Gasteiger partial charge in [0.15, 0.2) is 0 Å². The molecule has 31 heavy (non-hydrogen) atoms. The van der Waals surface area contributed by atoms with Crippen LogP contribution in [0.1, 0.15) is 17.1 Å². The van der Waals surface area contributed by atoms with Crippen molar-refractivity contribution in [2.75, 3.05) is 7.11 Å². The summed E-state index contributed by atoms with van der Waals surface area (Å²) in [5.74, 6) is 1.24. The molecular weight excluding hydrogens is 386 g/mol. The molecule has 1 N–H and O–H groups in total. The first-order valence-electron chi connectivity index (χ1n) is 10.1. The van der Waals surface area contributed by atoms with E-state index in [0.29, 0.717) is 28.2 Å². The molecule has 0 amide bonds. The lowest BCUT2D eigenvalue weighted by atomic mass is 10.1. The number of ether oxygens (including phenoxy) is 1. The maximum absolute atomic E-state index is 13.4. The molecule has 0 aliphatic heterocycles. The van der Waals surface area contributed by atoms with Gasteiger partial charge < -0.3 is 9.72 Å². The minimum absolute atomic E-state index is 0.117. The second kappa shape index (κ2) is 7.61. The van der Waals surface area contributed by atoms with E-state index in [0.717, 1.165) is 22.2 Å². The Morgan fingerprint density at radius 3 is 2.55 bits per heavy atom. The van der Waals surface area contributed by atoms with Crippen molar-refractivity contribution in [3.8, 4) is 11.4 Å². The van der Waals surface area contributed by atoms with E-state index < -0.39 is 0 Å². The SMILES string of the molecule is COc1cccc(-n2c(C=Cc3c(C)[nH]c4ccccc34)nc3ccccc3c2=O)c1. The molecule has 5 aromatic rings. The van der Waals surface area contributed by atoms with Crippen LogP contribution in [0.25, 0.3) is 39.6 Å². The molecule has 2 aromatic heterocycles. The Balaban J connectivity index is 1.74. The molecule has 0 fully saturated rings. The molecule has 0 atom stereocenters. The zero-order valence-electron chi connectivity index (χ0n) is 17.3. The fourth-order valence-corrected chi connectivity index (χ4v) is 3.93. The summed E-state index contributed by atoms with van der Waals surface area (Å²) in [5, 5.41) is 1.71.